The number of hydrogen-bond donors (Lipinski definition) is 2. The van der Waals surface area contributed by atoms with Gasteiger partial charge in [0, 0.05) is 18.4 Å². The SMILES string of the molecule is OCCNc1ccc(N=Cc2ccccc2)cc1. The molecule has 0 aliphatic heterocycles. The number of aliphatic hydroxyl groups excluding tert-OH is 1. The van der Waals surface area contributed by atoms with Crippen molar-refractivity contribution in [2.75, 3.05) is 18.5 Å². The number of aliphatic hydroxyl groups is 1. The summed E-state index contributed by atoms with van der Waals surface area (Å²) < 4.78 is 0. The van der Waals surface area contributed by atoms with E-state index in [2.05, 4.69) is 10.3 Å². The average Bonchev–Trinajstić information content (AvgIpc) is 2.45. The summed E-state index contributed by atoms with van der Waals surface area (Å²) in [6.07, 6.45) is 1.84. The topological polar surface area (TPSA) is 44.6 Å². The molecule has 92 valence electrons. The van der Waals surface area contributed by atoms with Gasteiger partial charge in [-0.25, -0.2) is 0 Å². The summed E-state index contributed by atoms with van der Waals surface area (Å²) in [7, 11) is 0. The Morgan fingerprint density at radius 1 is 1.00 bits per heavy atom. The van der Waals surface area contributed by atoms with E-state index in [-0.39, 0.29) is 6.61 Å². The van der Waals surface area contributed by atoms with Crippen LogP contribution in [0.1, 0.15) is 5.56 Å². The summed E-state index contributed by atoms with van der Waals surface area (Å²) >= 11 is 0. The van der Waals surface area contributed by atoms with Crippen LogP contribution in [0.3, 0.4) is 0 Å². The van der Waals surface area contributed by atoms with Crippen LogP contribution in [-0.4, -0.2) is 24.5 Å². The monoisotopic (exact) mass is 240 g/mol. The molecule has 18 heavy (non-hydrogen) atoms. The molecule has 0 amide bonds. The summed E-state index contributed by atoms with van der Waals surface area (Å²) in [5.41, 5.74) is 2.98. The van der Waals surface area contributed by atoms with Crippen LogP contribution in [0.4, 0.5) is 11.4 Å². The van der Waals surface area contributed by atoms with Gasteiger partial charge in [0.2, 0.25) is 0 Å². The number of benzene rings is 2. The van der Waals surface area contributed by atoms with Crippen LogP contribution >= 0.6 is 0 Å². The molecule has 3 nitrogen and oxygen atoms in total. The zero-order valence-corrected chi connectivity index (χ0v) is 10.1. The Hall–Kier alpha value is -2.13. The molecule has 2 aromatic rings. The molecule has 0 unspecified atom stereocenters. The smallest absolute Gasteiger partial charge is 0.0631 e. The molecular weight excluding hydrogens is 224 g/mol. The molecule has 0 saturated carbocycles. The predicted molar refractivity (Wildman–Crippen MR) is 75.7 cm³/mol. The Balaban J connectivity index is 2.00. The highest BCUT2D eigenvalue weighted by molar-refractivity contribution is 5.81. The molecule has 0 aromatic heterocycles. The highest BCUT2D eigenvalue weighted by atomic mass is 16.3. The van der Waals surface area contributed by atoms with E-state index in [1.807, 2.05) is 60.8 Å². The van der Waals surface area contributed by atoms with Crippen LogP contribution in [0.2, 0.25) is 0 Å². The van der Waals surface area contributed by atoms with Crippen LogP contribution < -0.4 is 5.32 Å². The minimum Gasteiger partial charge on any atom is -0.395 e. The molecule has 0 bridgehead atoms. The molecule has 0 fully saturated rings. The lowest BCUT2D eigenvalue weighted by atomic mass is 10.2. The molecule has 0 spiro atoms. The van der Waals surface area contributed by atoms with E-state index >= 15 is 0 Å². The van der Waals surface area contributed by atoms with E-state index in [9.17, 15) is 0 Å². The van der Waals surface area contributed by atoms with Crippen molar-refractivity contribution in [1.29, 1.82) is 0 Å². The highest BCUT2D eigenvalue weighted by Crippen LogP contribution is 2.16. The third kappa shape index (κ3) is 3.71. The molecule has 0 atom stereocenters. The molecule has 2 N–H and O–H groups in total. The minimum absolute atomic E-state index is 0.133. The number of nitrogens with zero attached hydrogens (tertiary/aromatic N) is 1. The number of anilines is 1. The molecule has 0 heterocycles. The van der Waals surface area contributed by atoms with Crippen LogP contribution in [0, 0.1) is 0 Å². The molecule has 0 aliphatic carbocycles. The summed E-state index contributed by atoms with van der Waals surface area (Å²) in [6, 6.07) is 17.8. The Kier molecular flexibility index (Phi) is 4.50. The van der Waals surface area contributed by atoms with Gasteiger partial charge < -0.3 is 10.4 Å². The van der Waals surface area contributed by atoms with Crippen LogP contribution in [0.5, 0.6) is 0 Å². The average molecular weight is 240 g/mol. The van der Waals surface area contributed by atoms with E-state index in [0.29, 0.717) is 6.54 Å². The normalized spacial score (nSPS) is 10.7. The first-order valence-electron chi connectivity index (χ1n) is 5.92. The van der Waals surface area contributed by atoms with Crippen molar-refractivity contribution in [3.05, 3.63) is 60.2 Å². The fourth-order valence-electron chi connectivity index (χ4n) is 1.55. The van der Waals surface area contributed by atoms with E-state index in [1.165, 1.54) is 0 Å². The lowest BCUT2D eigenvalue weighted by Gasteiger charge is -2.03. The Morgan fingerprint density at radius 2 is 1.72 bits per heavy atom. The largest absolute Gasteiger partial charge is 0.395 e. The maximum atomic E-state index is 8.71. The van der Waals surface area contributed by atoms with Crippen LogP contribution in [-0.2, 0) is 0 Å². The van der Waals surface area contributed by atoms with Crippen LogP contribution in [0.25, 0.3) is 0 Å². The Morgan fingerprint density at radius 3 is 2.39 bits per heavy atom. The lowest BCUT2D eigenvalue weighted by Crippen LogP contribution is -2.04. The van der Waals surface area contributed by atoms with E-state index in [4.69, 9.17) is 5.11 Å². The fraction of sp³-hybridized carbons (Fsp3) is 0.133. The van der Waals surface area contributed by atoms with Crippen molar-refractivity contribution in [3.8, 4) is 0 Å². The molecule has 0 saturated heterocycles. The third-order valence-electron chi connectivity index (χ3n) is 2.47. The summed E-state index contributed by atoms with van der Waals surface area (Å²) in [6.45, 7) is 0.695. The molecule has 2 rings (SSSR count). The number of hydrogen-bond acceptors (Lipinski definition) is 3. The van der Waals surface area contributed by atoms with Gasteiger partial charge in [-0.05, 0) is 29.8 Å². The van der Waals surface area contributed by atoms with Crippen molar-refractivity contribution in [3.63, 3.8) is 0 Å². The minimum atomic E-state index is 0.133. The van der Waals surface area contributed by atoms with Crippen LogP contribution in [0.15, 0.2) is 59.6 Å². The predicted octanol–water partition coefficient (Wildman–Crippen LogP) is 2.84. The second-order valence-corrected chi connectivity index (χ2v) is 3.87. The van der Waals surface area contributed by atoms with Gasteiger partial charge in [-0.15, -0.1) is 0 Å². The lowest BCUT2D eigenvalue weighted by molar-refractivity contribution is 0.311. The number of aliphatic imine (C=N–C) groups is 1. The summed E-state index contributed by atoms with van der Waals surface area (Å²) in [4.78, 5) is 4.40. The Labute approximate surface area is 107 Å². The third-order valence-corrected chi connectivity index (χ3v) is 2.47. The van der Waals surface area contributed by atoms with Gasteiger partial charge in [0.05, 0.1) is 12.3 Å². The zero-order valence-electron chi connectivity index (χ0n) is 10.1. The van der Waals surface area contributed by atoms with Crippen molar-refractivity contribution in [2.24, 2.45) is 4.99 Å². The number of nitrogens with one attached hydrogen (secondary N) is 1. The van der Waals surface area contributed by atoms with Gasteiger partial charge in [-0.3, -0.25) is 4.99 Å². The van der Waals surface area contributed by atoms with Gasteiger partial charge >= 0.3 is 0 Å². The summed E-state index contributed by atoms with van der Waals surface area (Å²) in [5, 5.41) is 11.8. The van der Waals surface area contributed by atoms with Gasteiger partial charge in [0.25, 0.3) is 0 Å². The first kappa shape index (κ1) is 12.3. The van der Waals surface area contributed by atoms with Crippen molar-refractivity contribution < 1.29 is 5.11 Å². The number of rotatable bonds is 5. The molecule has 0 aliphatic rings. The molecule has 3 heteroatoms. The molecule has 2 aromatic carbocycles. The Bertz CT molecular complexity index is 492. The van der Waals surface area contributed by atoms with Gasteiger partial charge in [0.1, 0.15) is 0 Å². The maximum absolute atomic E-state index is 8.71. The van der Waals surface area contributed by atoms with Gasteiger partial charge in [-0.2, -0.15) is 0 Å². The van der Waals surface area contributed by atoms with Crippen molar-refractivity contribution >= 4 is 17.6 Å². The van der Waals surface area contributed by atoms with E-state index < -0.39 is 0 Å². The van der Waals surface area contributed by atoms with E-state index in [0.717, 1.165) is 16.9 Å². The second-order valence-electron chi connectivity index (χ2n) is 3.87. The molecular formula is C15H16N2O. The van der Waals surface area contributed by atoms with Crippen molar-refractivity contribution in [1.82, 2.24) is 0 Å². The summed E-state index contributed by atoms with van der Waals surface area (Å²) in [5.74, 6) is 0. The first-order chi connectivity index (χ1) is 8.88. The first-order valence-corrected chi connectivity index (χ1v) is 5.92. The van der Waals surface area contributed by atoms with Gasteiger partial charge in [-0.1, -0.05) is 30.3 Å². The second kappa shape index (κ2) is 6.57. The zero-order chi connectivity index (χ0) is 12.6. The fourth-order valence-corrected chi connectivity index (χ4v) is 1.55. The van der Waals surface area contributed by atoms with E-state index in [1.54, 1.807) is 0 Å². The standard InChI is InChI=1S/C15H16N2O/c18-11-10-16-14-6-8-15(9-7-14)17-12-13-4-2-1-3-5-13/h1-9,12,16,18H,10-11H2. The highest BCUT2D eigenvalue weighted by Gasteiger charge is 1.92. The van der Waals surface area contributed by atoms with Gasteiger partial charge in [0.15, 0.2) is 0 Å². The molecule has 0 radical (unpaired) electrons. The maximum Gasteiger partial charge on any atom is 0.0631 e. The quantitative estimate of drug-likeness (QED) is 0.789. The van der Waals surface area contributed by atoms with Crippen molar-refractivity contribution in [2.45, 2.75) is 0 Å².